The number of methoxy groups -OCH3 is 1. The van der Waals surface area contributed by atoms with Crippen molar-refractivity contribution in [3.8, 4) is 0 Å². The first-order chi connectivity index (χ1) is 9.13. The highest BCUT2D eigenvalue weighted by atomic mass is 32.2. The van der Waals surface area contributed by atoms with Crippen LogP contribution in [0.1, 0.15) is 23.1 Å². The Labute approximate surface area is 118 Å². The van der Waals surface area contributed by atoms with Crippen molar-refractivity contribution in [2.45, 2.75) is 22.7 Å². The number of rotatable bonds is 4. The van der Waals surface area contributed by atoms with Crippen LogP contribution in [0.25, 0.3) is 0 Å². The van der Waals surface area contributed by atoms with E-state index in [9.17, 15) is 4.79 Å². The third-order valence-corrected chi connectivity index (χ3v) is 4.03. The largest absolute Gasteiger partial charge is 0.465 e. The summed E-state index contributed by atoms with van der Waals surface area (Å²) in [6.07, 6.45) is 2.27. The number of hydrogen-bond acceptors (Lipinski definition) is 8. The number of nitrogens with two attached hydrogens (primary N) is 1. The molecule has 0 radical (unpaired) electrons. The minimum atomic E-state index is -0.470. The second kappa shape index (κ2) is 5.98. The van der Waals surface area contributed by atoms with E-state index in [1.54, 1.807) is 6.07 Å². The molecule has 19 heavy (non-hydrogen) atoms. The predicted molar refractivity (Wildman–Crippen MR) is 73.4 cm³/mol. The van der Waals surface area contributed by atoms with Crippen LogP contribution >= 0.6 is 23.3 Å². The average Bonchev–Trinajstić information content (AvgIpc) is 2.87. The molecule has 2 N–H and O–H groups in total. The van der Waals surface area contributed by atoms with E-state index in [-0.39, 0.29) is 0 Å². The Hall–Kier alpha value is -1.67. The van der Waals surface area contributed by atoms with Crippen LogP contribution in [0.2, 0.25) is 0 Å². The molecule has 0 aliphatic rings. The molecule has 2 aromatic rings. The normalized spacial score (nSPS) is 10.4. The van der Waals surface area contributed by atoms with Gasteiger partial charge in [-0.2, -0.15) is 4.37 Å². The molecule has 2 heterocycles. The zero-order valence-electron chi connectivity index (χ0n) is 10.4. The van der Waals surface area contributed by atoms with E-state index >= 15 is 0 Å². The van der Waals surface area contributed by atoms with Crippen LogP contribution in [0.4, 0.5) is 5.69 Å². The number of carbonyl (C=O) groups excluding carboxylic acids is 1. The van der Waals surface area contributed by atoms with E-state index in [1.807, 2.05) is 6.92 Å². The molecule has 0 bridgehead atoms. The number of aromatic nitrogens is 3. The molecular formula is C11H12N4O2S2. The molecule has 0 unspecified atom stereocenters. The van der Waals surface area contributed by atoms with Crippen LogP contribution in [0, 0.1) is 0 Å². The van der Waals surface area contributed by atoms with Crippen LogP contribution in [-0.2, 0) is 11.2 Å². The summed E-state index contributed by atoms with van der Waals surface area (Å²) in [4.78, 5) is 20.1. The molecule has 0 aliphatic heterocycles. The van der Waals surface area contributed by atoms with Crippen molar-refractivity contribution < 1.29 is 9.53 Å². The zero-order valence-corrected chi connectivity index (χ0v) is 12.0. The van der Waals surface area contributed by atoms with Gasteiger partial charge in [-0.25, -0.2) is 14.8 Å². The van der Waals surface area contributed by atoms with Crippen molar-refractivity contribution >= 4 is 35.0 Å². The topological polar surface area (TPSA) is 91.0 Å². The Morgan fingerprint density at radius 2 is 2.37 bits per heavy atom. The molecular weight excluding hydrogens is 284 g/mol. The molecule has 2 rings (SSSR count). The van der Waals surface area contributed by atoms with Crippen LogP contribution in [0.15, 0.2) is 21.6 Å². The second-order valence-corrected chi connectivity index (χ2v) is 5.53. The first-order valence-electron chi connectivity index (χ1n) is 5.48. The lowest BCUT2D eigenvalue weighted by Gasteiger charge is -2.05. The molecule has 6 nitrogen and oxygen atoms in total. The summed E-state index contributed by atoms with van der Waals surface area (Å²) in [5.41, 5.74) is 6.38. The number of nitrogens with zero attached hydrogens (tertiary/aromatic N) is 3. The van der Waals surface area contributed by atoms with E-state index in [0.29, 0.717) is 16.3 Å². The van der Waals surface area contributed by atoms with Gasteiger partial charge >= 0.3 is 5.97 Å². The quantitative estimate of drug-likeness (QED) is 0.863. The maximum absolute atomic E-state index is 11.7. The Bertz CT molecular complexity index is 600. The number of aryl methyl sites for hydroxylation is 1. The number of carbonyl (C=O) groups is 1. The Morgan fingerprint density at radius 1 is 1.58 bits per heavy atom. The Morgan fingerprint density at radius 3 is 3.00 bits per heavy atom. The van der Waals surface area contributed by atoms with Crippen molar-refractivity contribution in [2.24, 2.45) is 0 Å². The highest BCUT2D eigenvalue weighted by Gasteiger charge is 2.16. The third-order valence-electron chi connectivity index (χ3n) is 2.23. The summed E-state index contributed by atoms with van der Waals surface area (Å²) < 4.78 is 9.64. The maximum Gasteiger partial charge on any atom is 0.340 e. The van der Waals surface area contributed by atoms with Gasteiger partial charge in [0.25, 0.3) is 0 Å². The van der Waals surface area contributed by atoms with Crippen LogP contribution in [0.3, 0.4) is 0 Å². The smallest absolute Gasteiger partial charge is 0.340 e. The van der Waals surface area contributed by atoms with Crippen molar-refractivity contribution in [1.82, 2.24) is 14.3 Å². The molecule has 0 aliphatic carbocycles. The fourth-order valence-corrected chi connectivity index (χ4v) is 2.98. The first kappa shape index (κ1) is 13.8. The molecule has 0 saturated carbocycles. The Kier molecular flexibility index (Phi) is 4.33. The molecule has 0 saturated heterocycles. The number of ether oxygens (including phenoxy) is 1. The van der Waals surface area contributed by atoms with E-state index < -0.39 is 5.97 Å². The number of nitrogen functional groups attached to an aromatic ring is 1. The predicted octanol–water partition coefficient (Wildman–Crippen LogP) is 2.02. The average molecular weight is 296 g/mol. The van der Waals surface area contributed by atoms with Crippen molar-refractivity contribution in [3.05, 3.63) is 23.7 Å². The monoisotopic (exact) mass is 296 g/mol. The molecule has 0 spiro atoms. The van der Waals surface area contributed by atoms with Gasteiger partial charge in [-0.3, -0.25) is 0 Å². The zero-order chi connectivity index (χ0) is 13.8. The lowest BCUT2D eigenvalue weighted by Crippen LogP contribution is -2.05. The van der Waals surface area contributed by atoms with E-state index in [1.165, 1.54) is 36.6 Å². The minimum absolute atomic E-state index is 0.334. The molecule has 0 amide bonds. The van der Waals surface area contributed by atoms with Crippen LogP contribution in [-0.4, -0.2) is 27.4 Å². The van der Waals surface area contributed by atoms with Gasteiger partial charge in [-0.05, 0) is 29.4 Å². The van der Waals surface area contributed by atoms with Gasteiger partial charge < -0.3 is 10.5 Å². The second-order valence-electron chi connectivity index (χ2n) is 3.55. The Balaban J connectivity index is 2.31. The third kappa shape index (κ3) is 3.21. The fourth-order valence-electron chi connectivity index (χ4n) is 1.31. The van der Waals surface area contributed by atoms with Crippen molar-refractivity contribution in [1.29, 1.82) is 0 Å². The summed E-state index contributed by atoms with van der Waals surface area (Å²) in [5.74, 6) is 0.310. The number of esters is 1. The highest BCUT2D eigenvalue weighted by molar-refractivity contribution is 8.01. The minimum Gasteiger partial charge on any atom is -0.465 e. The summed E-state index contributed by atoms with van der Waals surface area (Å²) in [7, 11) is 1.32. The summed E-state index contributed by atoms with van der Waals surface area (Å²) in [6, 6.07) is 1.54. The fraction of sp³-hybridized carbons (Fsp3) is 0.273. The SMILES string of the molecule is CCc1nsc(Sc2ncc(N)cc2C(=O)OC)n1. The molecule has 0 atom stereocenters. The van der Waals surface area contributed by atoms with Gasteiger partial charge in [0.2, 0.25) is 0 Å². The summed E-state index contributed by atoms with van der Waals surface area (Å²) >= 11 is 2.56. The van der Waals surface area contributed by atoms with Gasteiger partial charge in [0.15, 0.2) is 4.34 Å². The van der Waals surface area contributed by atoms with Gasteiger partial charge in [-0.15, -0.1) is 0 Å². The molecule has 0 fully saturated rings. The van der Waals surface area contributed by atoms with Crippen molar-refractivity contribution in [3.63, 3.8) is 0 Å². The highest BCUT2D eigenvalue weighted by Crippen LogP contribution is 2.31. The van der Waals surface area contributed by atoms with Gasteiger partial charge in [0, 0.05) is 6.42 Å². The standard InChI is InChI=1S/C11H12N4O2S2/c1-3-8-14-11(19-15-8)18-9-7(10(16)17-2)4-6(12)5-13-9/h4-5H,3,12H2,1-2H3. The maximum atomic E-state index is 11.7. The molecule has 0 aromatic carbocycles. The van der Waals surface area contributed by atoms with Crippen LogP contribution < -0.4 is 5.73 Å². The van der Waals surface area contributed by atoms with Gasteiger partial charge in [0.1, 0.15) is 10.9 Å². The lowest BCUT2D eigenvalue weighted by molar-refractivity contribution is 0.0596. The van der Waals surface area contributed by atoms with Gasteiger partial charge in [0.05, 0.1) is 24.6 Å². The van der Waals surface area contributed by atoms with Crippen LogP contribution in [0.5, 0.6) is 0 Å². The van der Waals surface area contributed by atoms with Gasteiger partial charge in [-0.1, -0.05) is 6.92 Å². The molecule has 8 heteroatoms. The number of anilines is 1. The van der Waals surface area contributed by atoms with Crippen molar-refractivity contribution in [2.75, 3.05) is 12.8 Å². The first-order valence-corrected chi connectivity index (χ1v) is 7.07. The lowest BCUT2D eigenvalue weighted by atomic mass is 10.3. The van der Waals surface area contributed by atoms with E-state index in [2.05, 4.69) is 14.3 Å². The molecule has 100 valence electrons. The number of hydrogen-bond donors (Lipinski definition) is 1. The summed E-state index contributed by atoms with van der Waals surface area (Å²) in [6.45, 7) is 1.98. The summed E-state index contributed by atoms with van der Waals surface area (Å²) in [5, 5.41) is 0.514. The van der Waals surface area contributed by atoms with E-state index in [0.717, 1.165) is 16.6 Å². The number of pyridine rings is 1. The molecule has 2 aromatic heterocycles. The van der Waals surface area contributed by atoms with E-state index in [4.69, 9.17) is 10.5 Å².